The van der Waals surface area contributed by atoms with Gasteiger partial charge in [-0.15, -0.1) is 0 Å². The zero-order chi connectivity index (χ0) is 13.0. The van der Waals surface area contributed by atoms with Gasteiger partial charge in [0.25, 0.3) is 0 Å². The molecule has 0 heterocycles. The Kier molecular flexibility index (Phi) is 4.37. The van der Waals surface area contributed by atoms with Crippen LogP contribution < -0.4 is 10.6 Å². The third-order valence-corrected chi connectivity index (χ3v) is 3.39. The number of hydrogen-bond acceptors (Lipinski definition) is 2. The van der Waals surface area contributed by atoms with Gasteiger partial charge in [0.15, 0.2) is 0 Å². The van der Waals surface area contributed by atoms with Crippen molar-refractivity contribution in [1.29, 1.82) is 0 Å². The maximum atomic E-state index is 10.8. The molecular weight excluding hydrogens is 224 g/mol. The molecule has 3 heteroatoms. The van der Waals surface area contributed by atoms with Gasteiger partial charge in [0.05, 0.1) is 0 Å². The molecule has 1 fully saturated rings. The summed E-state index contributed by atoms with van der Waals surface area (Å²) in [5.74, 6) is 0.806. The Bertz CT molecular complexity index is 395. The minimum absolute atomic E-state index is 0.0371. The second kappa shape index (κ2) is 6.01. The number of amides is 1. The van der Waals surface area contributed by atoms with Gasteiger partial charge in [-0.05, 0) is 31.2 Å². The predicted molar refractivity (Wildman–Crippen MR) is 73.3 cm³/mol. The highest BCUT2D eigenvalue weighted by Gasteiger charge is 2.31. The van der Waals surface area contributed by atoms with Crippen LogP contribution >= 0.6 is 0 Å². The molecule has 1 unspecified atom stereocenters. The molecule has 98 valence electrons. The summed E-state index contributed by atoms with van der Waals surface area (Å²) in [6.07, 6.45) is 2.62. The van der Waals surface area contributed by atoms with Crippen LogP contribution in [-0.2, 0) is 4.79 Å². The van der Waals surface area contributed by atoms with Crippen LogP contribution in [0.1, 0.15) is 36.9 Å². The maximum absolute atomic E-state index is 10.8. The Balaban J connectivity index is 1.88. The highest BCUT2D eigenvalue weighted by Crippen LogP contribution is 2.40. The van der Waals surface area contributed by atoms with Crippen LogP contribution in [0, 0.1) is 12.8 Å². The first-order chi connectivity index (χ1) is 8.66. The predicted octanol–water partition coefficient (Wildman–Crippen LogP) is 2.17. The van der Waals surface area contributed by atoms with E-state index in [1.807, 2.05) is 0 Å². The van der Waals surface area contributed by atoms with Crippen molar-refractivity contribution in [3.8, 4) is 0 Å². The van der Waals surface area contributed by atoms with Crippen molar-refractivity contribution in [3.63, 3.8) is 0 Å². The molecule has 1 aromatic rings. The van der Waals surface area contributed by atoms with Crippen molar-refractivity contribution in [3.05, 3.63) is 35.4 Å². The van der Waals surface area contributed by atoms with E-state index in [1.165, 1.54) is 24.0 Å². The van der Waals surface area contributed by atoms with Crippen LogP contribution in [0.3, 0.4) is 0 Å². The first-order valence-electron chi connectivity index (χ1n) is 6.71. The van der Waals surface area contributed by atoms with E-state index in [0.29, 0.717) is 12.6 Å². The van der Waals surface area contributed by atoms with Crippen LogP contribution in [0.4, 0.5) is 0 Å². The molecule has 1 aliphatic rings. The van der Waals surface area contributed by atoms with E-state index in [4.69, 9.17) is 0 Å². The molecule has 1 amide bonds. The van der Waals surface area contributed by atoms with Gasteiger partial charge in [0, 0.05) is 26.1 Å². The Morgan fingerprint density at radius 1 is 1.28 bits per heavy atom. The molecule has 0 aromatic heterocycles. The molecule has 0 spiro atoms. The maximum Gasteiger partial charge on any atom is 0.216 e. The molecule has 1 aromatic carbocycles. The van der Waals surface area contributed by atoms with Gasteiger partial charge in [0.1, 0.15) is 0 Å². The Morgan fingerprint density at radius 3 is 2.50 bits per heavy atom. The van der Waals surface area contributed by atoms with Gasteiger partial charge in [0.2, 0.25) is 5.91 Å². The van der Waals surface area contributed by atoms with Crippen molar-refractivity contribution in [2.75, 3.05) is 13.1 Å². The topological polar surface area (TPSA) is 41.1 Å². The van der Waals surface area contributed by atoms with E-state index in [0.717, 1.165) is 12.5 Å². The number of rotatable bonds is 6. The summed E-state index contributed by atoms with van der Waals surface area (Å²) in [6, 6.07) is 9.20. The third-order valence-electron chi connectivity index (χ3n) is 3.39. The molecule has 3 nitrogen and oxygen atoms in total. The fraction of sp³-hybridized carbons (Fsp3) is 0.533. The number of hydrogen-bond donors (Lipinski definition) is 2. The van der Waals surface area contributed by atoms with E-state index in [-0.39, 0.29) is 5.91 Å². The van der Waals surface area contributed by atoms with Crippen molar-refractivity contribution in [1.82, 2.24) is 10.6 Å². The Labute approximate surface area is 109 Å². The quantitative estimate of drug-likeness (QED) is 0.755. The molecule has 1 aliphatic carbocycles. The average Bonchev–Trinajstić information content (AvgIpc) is 3.15. The van der Waals surface area contributed by atoms with E-state index < -0.39 is 0 Å². The van der Waals surface area contributed by atoms with E-state index in [9.17, 15) is 4.79 Å². The monoisotopic (exact) mass is 246 g/mol. The normalized spacial score (nSPS) is 16.3. The first kappa shape index (κ1) is 13.1. The van der Waals surface area contributed by atoms with E-state index in [1.54, 1.807) is 6.92 Å². The van der Waals surface area contributed by atoms with Gasteiger partial charge in [-0.25, -0.2) is 0 Å². The van der Waals surface area contributed by atoms with E-state index in [2.05, 4.69) is 41.8 Å². The highest BCUT2D eigenvalue weighted by molar-refractivity contribution is 5.72. The van der Waals surface area contributed by atoms with Crippen molar-refractivity contribution < 1.29 is 4.79 Å². The summed E-state index contributed by atoms with van der Waals surface area (Å²) < 4.78 is 0. The number of carbonyl (C=O) groups excluding carboxylic acids is 1. The second-order valence-corrected chi connectivity index (χ2v) is 5.16. The molecule has 0 aliphatic heterocycles. The molecule has 2 rings (SSSR count). The van der Waals surface area contributed by atoms with Gasteiger partial charge in [-0.2, -0.15) is 0 Å². The number of carbonyl (C=O) groups is 1. The first-order valence-corrected chi connectivity index (χ1v) is 6.71. The third kappa shape index (κ3) is 3.84. The minimum Gasteiger partial charge on any atom is -0.355 e. The fourth-order valence-electron chi connectivity index (χ4n) is 2.23. The number of nitrogens with one attached hydrogen (secondary N) is 2. The van der Waals surface area contributed by atoms with Crippen LogP contribution in [0.25, 0.3) is 0 Å². The molecule has 0 bridgehead atoms. The molecule has 1 saturated carbocycles. The van der Waals surface area contributed by atoms with Crippen LogP contribution in [0.2, 0.25) is 0 Å². The average molecular weight is 246 g/mol. The molecule has 0 radical (unpaired) electrons. The minimum atomic E-state index is 0.0371. The van der Waals surface area contributed by atoms with Crippen molar-refractivity contribution >= 4 is 5.91 Å². The molecule has 18 heavy (non-hydrogen) atoms. The Hall–Kier alpha value is -1.35. The molecule has 1 atom stereocenters. The lowest BCUT2D eigenvalue weighted by molar-refractivity contribution is -0.118. The highest BCUT2D eigenvalue weighted by atomic mass is 16.1. The van der Waals surface area contributed by atoms with Gasteiger partial charge < -0.3 is 10.6 Å². The van der Waals surface area contributed by atoms with E-state index >= 15 is 0 Å². The summed E-state index contributed by atoms with van der Waals surface area (Å²) in [6.45, 7) is 5.19. The lowest BCUT2D eigenvalue weighted by atomic mass is 10.0. The number of aryl methyl sites for hydroxylation is 1. The van der Waals surface area contributed by atoms with Crippen molar-refractivity contribution in [2.24, 2.45) is 5.92 Å². The SMILES string of the molecule is CC(=O)NCCNC(c1ccc(C)cc1)C1CC1. The zero-order valence-electron chi connectivity index (χ0n) is 11.2. The second-order valence-electron chi connectivity index (χ2n) is 5.16. The summed E-state index contributed by atoms with van der Waals surface area (Å²) in [5.41, 5.74) is 2.66. The molecular formula is C15H22N2O. The van der Waals surface area contributed by atoms with Gasteiger partial charge in [-0.1, -0.05) is 29.8 Å². The standard InChI is InChI=1S/C15H22N2O/c1-11-3-5-13(6-4-11)15(14-7-8-14)17-10-9-16-12(2)18/h3-6,14-15,17H,7-10H2,1-2H3,(H,16,18). The smallest absolute Gasteiger partial charge is 0.216 e. The van der Waals surface area contributed by atoms with Crippen LogP contribution in [-0.4, -0.2) is 19.0 Å². The largest absolute Gasteiger partial charge is 0.355 e. The zero-order valence-corrected chi connectivity index (χ0v) is 11.2. The van der Waals surface area contributed by atoms with Gasteiger partial charge in [-0.3, -0.25) is 4.79 Å². The number of benzene rings is 1. The fourth-order valence-corrected chi connectivity index (χ4v) is 2.23. The van der Waals surface area contributed by atoms with Crippen LogP contribution in [0.5, 0.6) is 0 Å². The summed E-state index contributed by atoms with van der Waals surface area (Å²) in [5, 5.41) is 6.38. The van der Waals surface area contributed by atoms with Gasteiger partial charge >= 0.3 is 0 Å². The van der Waals surface area contributed by atoms with Crippen molar-refractivity contribution in [2.45, 2.75) is 32.7 Å². The summed E-state index contributed by atoms with van der Waals surface area (Å²) >= 11 is 0. The Morgan fingerprint density at radius 2 is 1.94 bits per heavy atom. The summed E-state index contributed by atoms with van der Waals surface area (Å²) in [7, 11) is 0. The molecule has 0 saturated heterocycles. The van der Waals surface area contributed by atoms with Crippen LogP contribution in [0.15, 0.2) is 24.3 Å². The summed E-state index contributed by atoms with van der Waals surface area (Å²) in [4.78, 5) is 10.8. The molecule has 2 N–H and O–H groups in total. The lowest BCUT2D eigenvalue weighted by Gasteiger charge is -2.19. The lowest BCUT2D eigenvalue weighted by Crippen LogP contribution is -2.33.